The van der Waals surface area contributed by atoms with E-state index in [1.807, 2.05) is 0 Å². The monoisotopic (exact) mass is 416 g/mol. The summed E-state index contributed by atoms with van der Waals surface area (Å²) in [5, 5.41) is 0.386. The van der Waals surface area contributed by atoms with Gasteiger partial charge in [0.2, 0.25) is 5.66 Å². The number of methoxy groups -OCH3 is 1. The number of esters is 1. The lowest BCUT2D eigenvalue weighted by Gasteiger charge is -2.26. The van der Waals surface area contributed by atoms with Crippen molar-refractivity contribution in [2.75, 3.05) is 7.11 Å². The number of ether oxygens (including phenoxy) is 1. The summed E-state index contributed by atoms with van der Waals surface area (Å²) in [6.07, 6.45) is 0. The Labute approximate surface area is 168 Å². The minimum absolute atomic E-state index is 0.303. The Morgan fingerprint density at radius 3 is 1.86 bits per heavy atom. The zero-order valence-corrected chi connectivity index (χ0v) is 16.7. The highest BCUT2D eigenvalue weighted by Gasteiger charge is 2.46. The summed E-state index contributed by atoms with van der Waals surface area (Å²) in [5.41, 5.74) is -0.953. The van der Waals surface area contributed by atoms with Crippen LogP contribution in [-0.4, -0.2) is 13.1 Å². The molecule has 3 rings (SSSR count). The molecule has 3 aromatic carbocycles. The SMILES string of the molecule is COC(=O)C(c1cccc(Cl)c1)P(=O)(Oc1ccccc1)Oc1ccccc1. The molecule has 0 fully saturated rings. The first kappa shape index (κ1) is 20.0. The lowest BCUT2D eigenvalue weighted by atomic mass is 10.1. The van der Waals surface area contributed by atoms with E-state index in [0.717, 1.165) is 0 Å². The average molecular weight is 417 g/mol. The number of para-hydroxylation sites is 2. The molecular weight excluding hydrogens is 399 g/mol. The first-order chi connectivity index (χ1) is 13.5. The van der Waals surface area contributed by atoms with Crippen molar-refractivity contribution in [3.8, 4) is 11.5 Å². The van der Waals surface area contributed by atoms with Crippen LogP contribution in [0.25, 0.3) is 0 Å². The lowest BCUT2D eigenvalue weighted by molar-refractivity contribution is -0.140. The van der Waals surface area contributed by atoms with Gasteiger partial charge >= 0.3 is 13.6 Å². The van der Waals surface area contributed by atoms with E-state index < -0.39 is 19.2 Å². The fourth-order valence-electron chi connectivity index (χ4n) is 2.62. The zero-order chi connectivity index (χ0) is 20.0. The largest absolute Gasteiger partial charge is 0.468 e. The van der Waals surface area contributed by atoms with Gasteiger partial charge in [0.05, 0.1) is 7.11 Å². The molecule has 1 atom stereocenters. The third-order valence-corrected chi connectivity index (χ3v) is 6.16. The Morgan fingerprint density at radius 1 is 0.857 bits per heavy atom. The van der Waals surface area contributed by atoms with E-state index in [0.29, 0.717) is 22.1 Å². The molecule has 0 heterocycles. The third kappa shape index (κ3) is 4.75. The molecule has 0 aliphatic heterocycles. The molecule has 1 unspecified atom stereocenters. The van der Waals surface area contributed by atoms with Crippen LogP contribution in [-0.2, 0) is 14.1 Å². The van der Waals surface area contributed by atoms with E-state index in [1.54, 1.807) is 84.9 Å². The predicted molar refractivity (Wildman–Crippen MR) is 108 cm³/mol. The van der Waals surface area contributed by atoms with Gasteiger partial charge in [-0.05, 0) is 42.0 Å². The number of rotatable bonds is 7. The molecule has 0 aliphatic carbocycles. The average Bonchev–Trinajstić information content (AvgIpc) is 2.69. The summed E-state index contributed by atoms with van der Waals surface area (Å²) in [5.74, 6) is -0.146. The highest BCUT2D eigenvalue weighted by Crippen LogP contribution is 2.60. The van der Waals surface area contributed by atoms with Gasteiger partial charge in [-0.3, -0.25) is 4.79 Å². The summed E-state index contributed by atoms with van der Waals surface area (Å²) in [6, 6.07) is 23.5. The Kier molecular flexibility index (Phi) is 6.40. The van der Waals surface area contributed by atoms with Crippen molar-refractivity contribution < 1.29 is 23.1 Å². The van der Waals surface area contributed by atoms with Crippen molar-refractivity contribution in [2.24, 2.45) is 0 Å². The number of carbonyl (C=O) groups is 1. The molecule has 28 heavy (non-hydrogen) atoms. The van der Waals surface area contributed by atoms with Crippen molar-refractivity contribution in [2.45, 2.75) is 5.66 Å². The summed E-state index contributed by atoms with van der Waals surface area (Å²) in [6.45, 7) is 0. The van der Waals surface area contributed by atoms with Gasteiger partial charge < -0.3 is 13.8 Å². The second kappa shape index (κ2) is 8.96. The molecule has 0 saturated heterocycles. The van der Waals surface area contributed by atoms with Crippen molar-refractivity contribution in [1.82, 2.24) is 0 Å². The Hall–Kier alpha value is -2.75. The smallest absolute Gasteiger partial charge is 0.449 e. The molecule has 7 heteroatoms. The van der Waals surface area contributed by atoms with Crippen LogP contribution in [0.2, 0.25) is 5.02 Å². The lowest BCUT2D eigenvalue weighted by Crippen LogP contribution is -2.20. The predicted octanol–water partition coefficient (Wildman–Crippen LogP) is 5.91. The number of hydrogen-bond acceptors (Lipinski definition) is 5. The van der Waals surface area contributed by atoms with Gasteiger partial charge in [-0.2, -0.15) is 0 Å². The Morgan fingerprint density at radius 2 is 1.39 bits per heavy atom. The van der Waals surface area contributed by atoms with Crippen molar-refractivity contribution in [1.29, 1.82) is 0 Å². The molecule has 0 spiro atoms. The zero-order valence-electron chi connectivity index (χ0n) is 15.0. The Balaban J connectivity index is 2.10. The van der Waals surface area contributed by atoms with Crippen LogP contribution in [0.15, 0.2) is 84.9 Å². The first-order valence-electron chi connectivity index (χ1n) is 8.44. The molecule has 144 valence electrons. The molecule has 0 bridgehead atoms. The van der Waals surface area contributed by atoms with Crippen LogP contribution in [0.1, 0.15) is 11.2 Å². The summed E-state index contributed by atoms with van der Waals surface area (Å²) < 4.78 is 30.4. The normalized spacial score (nSPS) is 12.1. The second-order valence-electron chi connectivity index (χ2n) is 5.83. The standard InChI is InChI=1S/C21H18ClO5P/c1-25-21(23)20(16-9-8-10-17(22)15-16)28(24,26-18-11-4-2-5-12-18)27-19-13-6-3-7-14-19/h2-15,20H,1H3. The Bertz CT molecular complexity index is 933. The maximum atomic E-state index is 14.0. The molecule has 0 aromatic heterocycles. The number of hydrogen-bond donors (Lipinski definition) is 0. The van der Waals surface area contributed by atoms with Crippen LogP contribution in [0, 0.1) is 0 Å². The van der Waals surface area contributed by atoms with Crippen molar-refractivity contribution in [3.63, 3.8) is 0 Å². The molecule has 0 radical (unpaired) electrons. The highest BCUT2D eigenvalue weighted by atomic mass is 35.5. The number of halogens is 1. The van der Waals surface area contributed by atoms with E-state index in [1.165, 1.54) is 7.11 Å². The van der Waals surface area contributed by atoms with Gasteiger partial charge in [-0.1, -0.05) is 60.1 Å². The van der Waals surface area contributed by atoms with E-state index >= 15 is 0 Å². The van der Waals surface area contributed by atoms with Crippen LogP contribution < -0.4 is 9.05 Å². The van der Waals surface area contributed by atoms with Crippen LogP contribution in [0.5, 0.6) is 11.5 Å². The van der Waals surface area contributed by atoms with E-state index in [-0.39, 0.29) is 0 Å². The second-order valence-corrected chi connectivity index (χ2v) is 8.23. The molecule has 0 amide bonds. The van der Waals surface area contributed by atoms with Crippen molar-refractivity contribution in [3.05, 3.63) is 95.5 Å². The number of carbonyl (C=O) groups excluding carboxylic acids is 1. The summed E-state index contributed by atoms with van der Waals surface area (Å²) in [4.78, 5) is 12.7. The molecule has 3 aromatic rings. The highest BCUT2D eigenvalue weighted by molar-refractivity contribution is 7.56. The van der Waals surface area contributed by atoms with Gasteiger partial charge in [0.25, 0.3) is 0 Å². The summed E-state index contributed by atoms with van der Waals surface area (Å²) >= 11 is 6.08. The van der Waals surface area contributed by atoms with Crippen LogP contribution >= 0.6 is 19.2 Å². The van der Waals surface area contributed by atoms with Gasteiger partial charge in [0, 0.05) is 5.02 Å². The third-order valence-electron chi connectivity index (χ3n) is 3.86. The minimum Gasteiger partial charge on any atom is -0.468 e. The fourth-order valence-corrected chi connectivity index (χ4v) is 4.78. The van der Waals surface area contributed by atoms with Crippen molar-refractivity contribution >= 4 is 25.2 Å². The maximum Gasteiger partial charge on any atom is 0.449 e. The number of benzene rings is 3. The molecule has 0 saturated carbocycles. The minimum atomic E-state index is -4.12. The summed E-state index contributed by atoms with van der Waals surface area (Å²) in [7, 11) is -2.90. The van der Waals surface area contributed by atoms with Gasteiger partial charge in [0.15, 0.2) is 0 Å². The molecular formula is C21H18ClO5P. The van der Waals surface area contributed by atoms with Crippen LogP contribution in [0.3, 0.4) is 0 Å². The van der Waals surface area contributed by atoms with E-state index in [2.05, 4.69) is 0 Å². The van der Waals surface area contributed by atoms with E-state index in [4.69, 9.17) is 25.4 Å². The fraction of sp³-hybridized carbons (Fsp3) is 0.0952. The molecule has 0 N–H and O–H groups in total. The van der Waals surface area contributed by atoms with Gasteiger partial charge in [0.1, 0.15) is 11.5 Å². The van der Waals surface area contributed by atoms with Gasteiger partial charge in [-0.25, -0.2) is 4.57 Å². The topological polar surface area (TPSA) is 61.8 Å². The quantitative estimate of drug-likeness (QED) is 0.354. The molecule has 5 nitrogen and oxygen atoms in total. The molecule has 0 aliphatic rings. The van der Waals surface area contributed by atoms with Gasteiger partial charge in [-0.15, -0.1) is 0 Å². The van der Waals surface area contributed by atoms with E-state index in [9.17, 15) is 9.36 Å². The first-order valence-corrected chi connectivity index (χ1v) is 10.4. The maximum absolute atomic E-state index is 14.0. The van der Waals surface area contributed by atoms with Crippen LogP contribution in [0.4, 0.5) is 0 Å².